The van der Waals surface area contributed by atoms with Crippen molar-refractivity contribution in [2.24, 2.45) is 0 Å². The fourth-order valence-corrected chi connectivity index (χ4v) is 8.82. The zero-order valence-corrected chi connectivity index (χ0v) is 21.1. The molecule has 2 aliphatic heterocycles. The van der Waals surface area contributed by atoms with E-state index in [2.05, 4.69) is 4.18 Å². The number of carbonyl (C=O) groups is 1. The second-order valence-electron chi connectivity index (χ2n) is 9.48. The summed E-state index contributed by atoms with van der Waals surface area (Å²) in [6, 6.07) is 15.3. The maximum Gasteiger partial charge on any atom is 0.534 e. The predicted octanol–water partition coefficient (Wildman–Crippen LogP) is 4.13. The summed E-state index contributed by atoms with van der Waals surface area (Å²) in [7, 11) is -8.46. The topological polar surface area (TPSA) is 69.7 Å². The predicted molar refractivity (Wildman–Crippen MR) is 126 cm³/mol. The number of aryl methyl sites for hydroxylation is 2. The second-order valence-corrected chi connectivity index (χ2v) is 15.3. The Kier molecular flexibility index (Phi) is 4.86. The monoisotopic (exact) mass is 518 g/mol. The van der Waals surface area contributed by atoms with Crippen LogP contribution in [0.2, 0.25) is 13.1 Å². The minimum absolute atomic E-state index is 0.412. The van der Waals surface area contributed by atoms with Gasteiger partial charge < -0.3 is 8.92 Å². The van der Waals surface area contributed by atoms with E-state index in [4.69, 9.17) is 4.74 Å². The Balaban J connectivity index is 1.83. The highest BCUT2D eigenvalue weighted by Crippen LogP contribution is 2.49. The van der Waals surface area contributed by atoms with E-state index in [0.717, 1.165) is 21.9 Å². The normalized spacial score (nSPS) is 20.1. The first-order valence-corrected chi connectivity index (χ1v) is 15.2. The molecule has 0 amide bonds. The van der Waals surface area contributed by atoms with Gasteiger partial charge in [0.15, 0.2) is 5.60 Å². The Morgan fingerprint density at radius 1 is 0.857 bits per heavy atom. The molecule has 0 fully saturated rings. The zero-order valence-electron chi connectivity index (χ0n) is 19.3. The Hall–Kier alpha value is -3.11. The average molecular weight is 519 g/mol. The first-order valence-electron chi connectivity index (χ1n) is 10.8. The number of benzene rings is 3. The number of carbonyl (C=O) groups excluding carboxylic acids is 1. The lowest BCUT2D eigenvalue weighted by Crippen LogP contribution is -2.63. The maximum atomic E-state index is 13.0. The third-order valence-electron chi connectivity index (χ3n) is 6.78. The van der Waals surface area contributed by atoms with Gasteiger partial charge in [0, 0.05) is 16.7 Å². The highest BCUT2D eigenvalue weighted by Gasteiger charge is 2.56. The van der Waals surface area contributed by atoms with Crippen LogP contribution in [0, 0.1) is 13.8 Å². The Bertz CT molecular complexity index is 1530. The van der Waals surface area contributed by atoms with Gasteiger partial charge in [0.05, 0.1) is 5.56 Å². The van der Waals surface area contributed by atoms with Gasteiger partial charge in [-0.05, 0) is 42.4 Å². The molecule has 5 rings (SSSR count). The van der Waals surface area contributed by atoms with Crippen LogP contribution < -0.4 is 14.6 Å². The number of halogens is 3. The van der Waals surface area contributed by atoms with Crippen LogP contribution in [0.5, 0.6) is 5.75 Å². The van der Waals surface area contributed by atoms with Crippen molar-refractivity contribution in [1.29, 1.82) is 0 Å². The van der Waals surface area contributed by atoms with E-state index in [1.807, 2.05) is 57.3 Å². The van der Waals surface area contributed by atoms with Crippen molar-refractivity contribution >= 4 is 34.5 Å². The van der Waals surface area contributed by atoms with E-state index in [0.29, 0.717) is 21.9 Å². The fourth-order valence-electron chi connectivity index (χ4n) is 5.12. The van der Waals surface area contributed by atoms with Crippen molar-refractivity contribution in [2.75, 3.05) is 0 Å². The van der Waals surface area contributed by atoms with E-state index in [1.54, 1.807) is 6.07 Å². The Morgan fingerprint density at radius 2 is 1.43 bits per heavy atom. The van der Waals surface area contributed by atoms with Crippen LogP contribution in [-0.2, 0) is 20.5 Å². The summed E-state index contributed by atoms with van der Waals surface area (Å²) in [5.41, 5.74) is -2.51. The van der Waals surface area contributed by atoms with Crippen LogP contribution in [0.4, 0.5) is 13.2 Å². The lowest BCUT2D eigenvalue weighted by molar-refractivity contribution is -0.0500. The number of ether oxygens (including phenoxy) is 1. The van der Waals surface area contributed by atoms with Crippen molar-refractivity contribution in [3.8, 4) is 5.75 Å². The van der Waals surface area contributed by atoms with Gasteiger partial charge in [0.2, 0.25) is 0 Å². The van der Waals surface area contributed by atoms with Gasteiger partial charge in [0.25, 0.3) is 0 Å². The molecule has 0 aromatic heterocycles. The van der Waals surface area contributed by atoms with Gasteiger partial charge in [-0.2, -0.15) is 21.6 Å². The van der Waals surface area contributed by atoms with E-state index in [-0.39, 0.29) is 0 Å². The maximum absolute atomic E-state index is 13.0. The second kappa shape index (κ2) is 7.20. The van der Waals surface area contributed by atoms with Gasteiger partial charge >= 0.3 is 21.6 Å². The van der Waals surface area contributed by atoms with Gasteiger partial charge in [-0.1, -0.05) is 60.6 Å². The molecule has 3 aromatic carbocycles. The summed E-state index contributed by atoms with van der Waals surface area (Å²) in [5.74, 6) is -0.944. The Morgan fingerprint density at radius 3 is 2.09 bits per heavy atom. The molecule has 35 heavy (non-hydrogen) atoms. The standard InChI is InChI=1S/C25H21F3O5SSi/c1-14-5-8-17-20(11-14)24(32-23(17)29)18-9-6-15(2)12-21(18)35(3,4)22-13-16(7-10-19(22)24)33-34(30,31)25(26,27)28/h5-13H,1-4H3. The number of fused-ring (bicyclic) bond motifs is 6. The average Bonchev–Trinajstić information content (AvgIpc) is 3.04. The van der Waals surface area contributed by atoms with E-state index >= 15 is 0 Å². The molecule has 1 spiro atoms. The van der Waals surface area contributed by atoms with E-state index in [9.17, 15) is 26.4 Å². The molecule has 0 N–H and O–H groups in total. The van der Waals surface area contributed by atoms with Crippen LogP contribution in [0.3, 0.4) is 0 Å². The smallest absolute Gasteiger partial charge is 0.441 e. The lowest BCUT2D eigenvalue weighted by Gasteiger charge is -2.44. The molecule has 0 bridgehead atoms. The summed E-state index contributed by atoms with van der Waals surface area (Å²) >= 11 is 0. The summed E-state index contributed by atoms with van der Waals surface area (Å²) < 4.78 is 72.9. The zero-order chi connectivity index (χ0) is 25.6. The lowest BCUT2D eigenvalue weighted by atomic mass is 9.78. The molecule has 10 heteroatoms. The number of hydrogen-bond acceptors (Lipinski definition) is 5. The minimum atomic E-state index is -5.84. The molecule has 1 unspecified atom stereocenters. The van der Waals surface area contributed by atoms with Crippen LogP contribution in [0.1, 0.15) is 38.2 Å². The van der Waals surface area contributed by atoms with Crippen LogP contribution >= 0.6 is 0 Å². The summed E-state index contributed by atoms with van der Waals surface area (Å²) in [6.45, 7) is 7.87. The van der Waals surface area contributed by atoms with Crippen molar-refractivity contribution in [1.82, 2.24) is 0 Å². The van der Waals surface area contributed by atoms with E-state index in [1.165, 1.54) is 18.2 Å². The number of alkyl halides is 3. The SMILES string of the molecule is Cc1ccc2c(c1)C1(OC2=O)c2ccc(C)cc2[Si](C)(C)c2cc(OS(=O)(=O)C(F)(F)F)ccc21. The van der Waals surface area contributed by atoms with Gasteiger partial charge in [-0.15, -0.1) is 0 Å². The molecule has 2 heterocycles. The molecule has 0 aliphatic carbocycles. The fraction of sp³-hybridized carbons (Fsp3) is 0.240. The molecule has 182 valence electrons. The van der Waals surface area contributed by atoms with Crippen molar-refractivity contribution in [2.45, 2.75) is 38.1 Å². The third kappa shape index (κ3) is 3.26. The number of hydrogen-bond donors (Lipinski definition) is 0. The van der Waals surface area contributed by atoms with Crippen molar-refractivity contribution in [3.63, 3.8) is 0 Å². The molecule has 0 saturated heterocycles. The van der Waals surface area contributed by atoms with Crippen LogP contribution in [0.25, 0.3) is 0 Å². The van der Waals surface area contributed by atoms with E-state index < -0.39 is 41.0 Å². The molecule has 3 aromatic rings. The van der Waals surface area contributed by atoms with Crippen molar-refractivity contribution in [3.05, 3.63) is 88.0 Å². The summed E-state index contributed by atoms with van der Waals surface area (Å²) in [6.07, 6.45) is 0. The molecule has 0 saturated carbocycles. The number of esters is 1. The largest absolute Gasteiger partial charge is 0.534 e. The highest BCUT2D eigenvalue weighted by atomic mass is 32.2. The van der Waals surface area contributed by atoms with Gasteiger partial charge in [0.1, 0.15) is 13.8 Å². The van der Waals surface area contributed by atoms with Gasteiger partial charge in [-0.3, -0.25) is 0 Å². The summed E-state index contributed by atoms with van der Waals surface area (Å²) in [4.78, 5) is 13.0. The van der Waals surface area contributed by atoms with Crippen LogP contribution in [0.15, 0.2) is 54.6 Å². The molecular formula is C25H21F3O5SSi. The van der Waals surface area contributed by atoms with Crippen molar-refractivity contribution < 1.29 is 35.3 Å². The summed E-state index contributed by atoms with van der Waals surface area (Å²) in [5, 5.41) is 1.58. The first-order chi connectivity index (χ1) is 16.2. The first kappa shape index (κ1) is 23.6. The number of rotatable bonds is 2. The molecule has 2 aliphatic rings. The minimum Gasteiger partial charge on any atom is -0.441 e. The highest BCUT2D eigenvalue weighted by molar-refractivity contribution is 7.88. The molecular weight excluding hydrogens is 497 g/mol. The van der Waals surface area contributed by atoms with Gasteiger partial charge in [-0.25, -0.2) is 4.79 Å². The molecule has 0 radical (unpaired) electrons. The molecule has 1 atom stereocenters. The third-order valence-corrected chi connectivity index (χ3v) is 11.3. The Labute approximate surface area is 201 Å². The molecule has 5 nitrogen and oxygen atoms in total. The quantitative estimate of drug-likeness (QED) is 0.221. The van der Waals surface area contributed by atoms with Crippen LogP contribution in [-0.4, -0.2) is 28.0 Å².